The van der Waals surface area contributed by atoms with Crippen LogP contribution in [-0.4, -0.2) is 59.2 Å². The second kappa shape index (κ2) is 16.2. The van der Waals surface area contributed by atoms with E-state index < -0.39 is 0 Å². The number of fused-ring (bicyclic) bond motifs is 2. The fourth-order valence-corrected chi connectivity index (χ4v) is 10.9. The first kappa shape index (κ1) is 35.0. The molecule has 8 nitrogen and oxygen atoms in total. The molecule has 0 spiro atoms. The second-order valence-electron chi connectivity index (χ2n) is 13.3. The highest BCUT2D eigenvalue weighted by molar-refractivity contribution is 8.77. The van der Waals surface area contributed by atoms with Gasteiger partial charge in [-0.2, -0.15) is 0 Å². The number of aromatic hydroxyl groups is 1. The molecular formula is C39H46N4O4S2. The fourth-order valence-electron chi connectivity index (χ4n) is 6.99. The Hall–Kier alpha value is -3.89. The predicted octanol–water partition coefficient (Wildman–Crippen LogP) is 7.33. The van der Waals surface area contributed by atoms with Gasteiger partial charge >= 0.3 is 0 Å². The lowest BCUT2D eigenvalue weighted by atomic mass is 9.78. The number of carbonyl (C=O) groups is 2. The third-order valence-corrected chi connectivity index (χ3v) is 13.3. The number of hydrogen-bond acceptors (Lipinski definition) is 10. The van der Waals surface area contributed by atoms with Crippen LogP contribution in [0, 0.1) is 11.8 Å². The standard InChI is InChI=1S/C39H46N4O4S2/c1-3-27-10-13-33(44)21-34(45)14-11-30-20-37(47-2)36(46)19-31(30)17-29-18-35-38(41-22-29)42-23-32(12-9-28-7-5-4-6-8-28)39(35,49-48-24-27)25-43-16-15-40-26-43/h4-8,11,14-16,18-20,22,27,32,40,46H,3,9-10,12-13,17,21,23-26H2,1-2H3,(H,41,42). The number of hydrogen-bond donors (Lipinski definition) is 3. The largest absolute Gasteiger partial charge is 0.504 e. The van der Waals surface area contributed by atoms with E-state index in [1.807, 2.05) is 34.0 Å². The van der Waals surface area contributed by atoms with E-state index in [0.717, 1.165) is 73.7 Å². The summed E-state index contributed by atoms with van der Waals surface area (Å²) in [6, 6.07) is 16.5. The van der Waals surface area contributed by atoms with Crippen molar-refractivity contribution in [3.05, 3.63) is 101 Å². The van der Waals surface area contributed by atoms with Crippen LogP contribution < -0.4 is 15.4 Å². The average molecular weight is 699 g/mol. The molecule has 49 heavy (non-hydrogen) atoms. The zero-order valence-corrected chi connectivity index (χ0v) is 30.0. The minimum Gasteiger partial charge on any atom is -0.504 e. The minimum atomic E-state index is -0.282. The van der Waals surface area contributed by atoms with Crippen molar-refractivity contribution in [1.82, 2.24) is 15.2 Å². The summed E-state index contributed by atoms with van der Waals surface area (Å²) < 4.78 is 5.13. The van der Waals surface area contributed by atoms with E-state index in [4.69, 9.17) is 9.72 Å². The molecule has 3 aliphatic rings. The number of carbonyl (C=O) groups excluding carboxylic acids is 2. The Bertz CT molecular complexity index is 1700. The van der Waals surface area contributed by atoms with E-state index in [1.165, 1.54) is 24.3 Å². The van der Waals surface area contributed by atoms with Crippen molar-refractivity contribution < 1.29 is 19.4 Å². The van der Waals surface area contributed by atoms with Gasteiger partial charge in [-0.1, -0.05) is 71.3 Å². The van der Waals surface area contributed by atoms with Crippen molar-refractivity contribution >= 4 is 45.0 Å². The van der Waals surface area contributed by atoms with Crippen molar-refractivity contribution in [3.63, 3.8) is 0 Å². The number of benzene rings is 2. The van der Waals surface area contributed by atoms with Crippen molar-refractivity contribution in [1.29, 1.82) is 0 Å². The molecule has 258 valence electrons. The van der Waals surface area contributed by atoms with Gasteiger partial charge in [-0.05, 0) is 84.0 Å². The van der Waals surface area contributed by atoms with Crippen LogP contribution in [0.5, 0.6) is 11.5 Å². The first-order valence-electron chi connectivity index (χ1n) is 17.2. The Morgan fingerprint density at radius 1 is 1.12 bits per heavy atom. The van der Waals surface area contributed by atoms with Crippen LogP contribution in [0.1, 0.15) is 66.8 Å². The maximum Gasteiger partial charge on any atom is 0.163 e. The highest BCUT2D eigenvalue weighted by Crippen LogP contribution is 2.55. The molecule has 0 radical (unpaired) electrons. The summed E-state index contributed by atoms with van der Waals surface area (Å²) in [6.07, 6.45) is 13.8. The summed E-state index contributed by atoms with van der Waals surface area (Å²) in [7, 11) is 5.39. The molecule has 1 aromatic heterocycles. The molecule has 0 saturated heterocycles. The number of nitrogens with zero attached hydrogens (tertiary/aromatic N) is 2. The Morgan fingerprint density at radius 3 is 2.76 bits per heavy atom. The molecule has 0 saturated carbocycles. The first-order chi connectivity index (χ1) is 23.9. The SMILES string of the molecule is CCC1CCC(=O)CC(=O)C=Cc2cc(OC)c(O)cc2Cc2cnc3c(c2)C(CN2C=CNC2)(SSC1)C(CCc1ccccc1)CN3. The molecule has 3 aliphatic heterocycles. The lowest BCUT2D eigenvalue weighted by Gasteiger charge is -2.46. The van der Waals surface area contributed by atoms with Crippen LogP contribution in [-0.2, 0) is 27.2 Å². The molecule has 3 aromatic rings. The maximum atomic E-state index is 12.9. The van der Waals surface area contributed by atoms with Gasteiger partial charge in [0.25, 0.3) is 0 Å². The number of pyridine rings is 1. The lowest BCUT2D eigenvalue weighted by Crippen LogP contribution is -2.48. The Balaban J connectivity index is 1.45. The molecule has 6 rings (SSSR count). The quantitative estimate of drug-likeness (QED) is 0.172. The van der Waals surface area contributed by atoms with Crippen molar-refractivity contribution in [2.75, 3.05) is 37.9 Å². The summed E-state index contributed by atoms with van der Waals surface area (Å²) in [4.78, 5) is 33.2. The highest BCUT2D eigenvalue weighted by Gasteiger charge is 2.47. The van der Waals surface area contributed by atoms with Gasteiger partial charge in [0.05, 0.1) is 24.9 Å². The summed E-state index contributed by atoms with van der Waals surface area (Å²) >= 11 is 0. The predicted molar refractivity (Wildman–Crippen MR) is 201 cm³/mol. The van der Waals surface area contributed by atoms with Gasteiger partial charge in [0.1, 0.15) is 11.6 Å². The van der Waals surface area contributed by atoms with Crippen molar-refractivity contribution in [2.24, 2.45) is 11.8 Å². The van der Waals surface area contributed by atoms with Gasteiger partial charge < -0.3 is 25.4 Å². The molecule has 0 amide bonds. The number of rotatable bonds is 7. The number of phenols is 1. The molecule has 3 N–H and O–H groups in total. The zero-order valence-electron chi connectivity index (χ0n) is 28.3. The zero-order chi connectivity index (χ0) is 34.2. The number of aryl methyl sites for hydroxylation is 1. The second-order valence-corrected chi connectivity index (χ2v) is 15.9. The van der Waals surface area contributed by atoms with Crippen LogP contribution >= 0.6 is 21.6 Å². The van der Waals surface area contributed by atoms with E-state index >= 15 is 0 Å². The summed E-state index contributed by atoms with van der Waals surface area (Å²) in [6.45, 7) is 4.60. The number of methoxy groups -OCH3 is 1. The number of Topliss-reactive ketones (excluding diaryl/α,β-unsaturated/α-hetero) is 1. The highest BCUT2D eigenvalue weighted by atomic mass is 33.1. The number of ketones is 2. The van der Waals surface area contributed by atoms with Gasteiger partial charge in [-0.25, -0.2) is 4.98 Å². The summed E-state index contributed by atoms with van der Waals surface area (Å²) in [5.74, 6) is 2.64. The lowest BCUT2D eigenvalue weighted by molar-refractivity contribution is -0.124. The van der Waals surface area contributed by atoms with Gasteiger partial charge in [0.2, 0.25) is 0 Å². The Morgan fingerprint density at radius 2 is 1.98 bits per heavy atom. The van der Waals surface area contributed by atoms with Crippen molar-refractivity contribution in [3.8, 4) is 11.5 Å². The van der Waals surface area contributed by atoms with Crippen LogP contribution in [0.4, 0.5) is 5.82 Å². The van der Waals surface area contributed by atoms with Crippen LogP contribution in [0.25, 0.3) is 6.08 Å². The smallest absolute Gasteiger partial charge is 0.163 e. The number of phenolic OH excluding ortho intramolecular Hbond substituents is 1. The van der Waals surface area contributed by atoms with Crippen LogP contribution in [0.15, 0.2) is 73.2 Å². The maximum absolute atomic E-state index is 12.9. The summed E-state index contributed by atoms with van der Waals surface area (Å²) in [5, 5.41) is 17.9. The van der Waals surface area contributed by atoms with Gasteiger partial charge in [-0.3, -0.25) is 9.59 Å². The minimum absolute atomic E-state index is 0.0230. The average Bonchev–Trinajstić information content (AvgIpc) is 3.62. The van der Waals surface area contributed by atoms with E-state index in [0.29, 0.717) is 30.4 Å². The van der Waals surface area contributed by atoms with E-state index in [2.05, 4.69) is 65.1 Å². The normalized spacial score (nSPS) is 22.9. The first-order valence-corrected chi connectivity index (χ1v) is 19.5. The van der Waals surface area contributed by atoms with Gasteiger partial charge in [-0.15, -0.1) is 0 Å². The topological polar surface area (TPSA) is 104 Å². The molecule has 0 aliphatic carbocycles. The third kappa shape index (κ3) is 8.47. The number of allylic oxidation sites excluding steroid dienone is 1. The molecule has 4 heterocycles. The molecular weight excluding hydrogens is 653 g/mol. The van der Waals surface area contributed by atoms with Crippen molar-refractivity contribution in [2.45, 2.75) is 56.6 Å². The van der Waals surface area contributed by atoms with Crippen LogP contribution in [0.3, 0.4) is 0 Å². The molecule has 0 fully saturated rings. The van der Waals surface area contributed by atoms with Gasteiger partial charge in [0.15, 0.2) is 17.3 Å². The fraction of sp³-hybridized carbons (Fsp3) is 0.410. The van der Waals surface area contributed by atoms with E-state index in [-0.39, 0.29) is 28.5 Å². The number of anilines is 1. The van der Waals surface area contributed by atoms with Crippen LogP contribution in [0.2, 0.25) is 0 Å². The molecule has 3 unspecified atom stereocenters. The van der Waals surface area contributed by atoms with E-state index in [9.17, 15) is 14.7 Å². The monoisotopic (exact) mass is 698 g/mol. The number of ether oxygens (including phenoxy) is 1. The third-order valence-electron chi connectivity index (χ3n) is 9.91. The number of aromatic nitrogens is 1. The summed E-state index contributed by atoms with van der Waals surface area (Å²) in [5.41, 5.74) is 5.14. The van der Waals surface area contributed by atoms with E-state index in [1.54, 1.807) is 18.2 Å². The molecule has 2 aromatic carbocycles. The Kier molecular flexibility index (Phi) is 11.6. The Labute approximate surface area is 297 Å². The number of nitrogens with one attached hydrogen (secondary N) is 2. The molecule has 10 heteroatoms. The van der Waals surface area contributed by atoms with Gasteiger partial charge in [0, 0.05) is 49.4 Å². The molecule has 3 atom stereocenters. The molecule has 2 bridgehead atoms.